The van der Waals surface area contributed by atoms with Crippen LogP contribution in [0, 0.1) is 6.92 Å². The van der Waals surface area contributed by atoms with Gasteiger partial charge in [0.1, 0.15) is 5.82 Å². The second-order valence-electron chi connectivity index (χ2n) is 3.53. The van der Waals surface area contributed by atoms with Crippen LogP contribution < -0.4 is 0 Å². The van der Waals surface area contributed by atoms with Crippen LogP contribution in [0.15, 0.2) is 0 Å². The minimum Gasteiger partial charge on any atom is -0.378 e. The van der Waals surface area contributed by atoms with Crippen molar-refractivity contribution in [1.29, 1.82) is 0 Å². The van der Waals surface area contributed by atoms with Crippen LogP contribution in [0.4, 0.5) is 0 Å². The fourth-order valence-electron chi connectivity index (χ4n) is 1.65. The maximum Gasteiger partial charge on any atom is 0.153 e. The maximum absolute atomic E-state index is 5.60. The highest BCUT2D eigenvalue weighted by molar-refractivity contribution is 4.90. The molecule has 0 saturated carbocycles. The number of nitrogens with one attached hydrogen (secondary N) is 1. The number of aryl methyl sites for hydroxylation is 1. The Morgan fingerprint density at radius 2 is 2.46 bits per heavy atom. The van der Waals surface area contributed by atoms with Crippen molar-refractivity contribution in [2.75, 3.05) is 6.61 Å². The second-order valence-corrected chi connectivity index (χ2v) is 3.53. The standard InChI is InChI=1S/C9H15N3O/c1-7-10-9(12-11-7)6-8-4-2-3-5-13-8/h8H,2-6H2,1H3,(H,10,11,12). The molecule has 1 aliphatic heterocycles. The van der Waals surface area contributed by atoms with Crippen molar-refractivity contribution in [3.8, 4) is 0 Å². The summed E-state index contributed by atoms with van der Waals surface area (Å²) in [7, 11) is 0. The van der Waals surface area contributed by atoms with Crippen molar-refractivity contribution >= 4 is 0 Å². The third kappa shape index (κ3) is 2.28. The lowest BCUT2D eigenvalue weighted by Gasteiger charge is -2.20. The molecule has 1 aromatic heterocycles. The molecule has 1 unspecified atom stereocenters. The van der Waals surface area contributed by atoms with Crippen LogP contribution in [-0.4, -0.2) is 27.9 Å². The number of nitrogens with zero attached hydrogens (tertiary/aromatic N) is 2. The van der Waals surface area contributed by atoms with E-state index in [2.05, 4.69) is 15.2 Å². The first kappa shape index (κ1) is 8.69. The summed E-state index contributed by atoms with van der Waals surface area (Å²) < 4.78 is 5.60. The van der Waals surface area contributed by atoms with Gasteiger partial charge in [0, 0.05) is 13.0 Å². The lowest BCUT2D eigenvalue weighted by molar-refractivity contribution is 0.0157. The first-order valence-corrected chi connectivity index (χ1v) is 4.84. The molecule has 0 radical (unpaired) electrons. The largest absolute Gasteiger partial charge is 0.378 e. The Morgan fingerprint density at radius 1 is 1.54 bits per heavy atom. The van der Waals surface area contributed by atoms with E-state index in [1.807, 2.05) is 6.92 Å². The molecular weight excluding hydrogens is 166 g/mol. The Kier molecular flexibility index (Phi) is 2.59. The van der Waals surface area contributed by atoms with Crippen molar-refractivity contribution in [3.05, 3.63) is 11.6 Å². The Labute approximate surface area is 77.7 Å². The molecule has 4 nitrogen and oxygen atoms in total. The fraction of sp³-hybridized carbons (Fsp3) is 0.778. The maximum atomic E-state index is 5.60. The van der Waals surface area contributed by atoms with Crippen molar-refractivity contribution in [2.45, 2.75) is 38.7 Å². The summed E-state index contributed by atoms with van der Waals surface area (Å²) in [6, 6.07) is 0. The molecule has 1 aliphatic rings. The van der Waals surface area contributed by atoms with E-state index >= 15 is 0 Å². The smallest absolute Gasteiger partial charge is 0.153 e. The predicted octanol–water partition coefficient (Wildman–Crippen LogP) is 1.22. The highest BCUT2D eigenvalue weighted by atomic mass is 16.5. The lowest BCUT2D eigenvalue weighted by Crippen LogP contribution is -2.21. The quantitative estimate of drug-likeness (QED) is 0.746. The molecule has 4 heteroatoms. The molecule has 1 aromatic rings. The minimum absolute atomic E-state index is 0.337. The van der Waals surface area contributed by atoms with Gasteiger partial charge in [-0.15, -0.1) is 0 Å². The van der Waals surface area contributed by atoms with Crippen molar-refractivity contribution in [1.82, 2.24) is 15.2 Å². The van der Waals surface area contributed by atoms with Crippen LogP contribution in [0.5, 0.6) is 0 Å². The molecule has 2 heterocycles. The van der Waals surface area contributed by atoms with Crippen LogP contribution in [0.25, 0.3) is 0 Å². The van der Waals surface area contributed by atoms with Crippen molar-refractivity contribution < 1.29 is 4.74 Å². The van der Waals surface area contributed by atoms with Gasteiger partial charge >= 0.3 is 0 Å². The summed E-state index contributed by atoms with van der Waals surface area (Å²) in [5.41, 5.74) is 0. The van der Waals surface area contributed by atoms with Gasteiger partial charge in [-0.1, -0.05) is 0 Å². The molecule has 0 aliphatic carbocycles. The third-order valence-corrected chi connectivity index (χ3v) is 2.33. The zero-order valence-electron chi connectivity index (χ0n) is 7.92. The van der Waals surface area contributed by atoms with Crippen LogP contribution in [0.1, 0.15) is 30.9 Å². The van der Waals surface area contributed by atoms with Crippen LogP contribution >= 0.6 is 0 Å². The van der Waals surface area contributed by atoms with Gasteiger partial charge < -0.3 is 4.74 Å². The zero-order valence-corrected chi connectivity index (χ0v) is 7.92. The first-order valence-electron chi connectivity index (χ1n) is 4.84. The monoisotopic (exact) mass is 181 g/mol. The normalized spacial score (nSPS) is 23.3. The minimum atomic E-state index is 0.337. The van der Waals surface area contributed by atoms with Crippen molar-refractivity contribution in [2.24, 2.45) is 0 Å². The molecular formula is C9H15N3O. The average molecular weight is 181 g/mol. The number of rotatable bonds is 2. The van der Waals surface area contributed by atoms with Gasteiger partial charge in [-0.2, -0.15) is 5.10 Å². The van der Waals surface area contributed by atoms with Gasteiger partial charge in [-0.05, 0) is 26.2 Å². The van der Waals surface area contributed by atoms with Gasteiger partial charge in [-0.3, -0.25) is 5.10 Å². The Bertz CT molecular complexity index is 266. The number of hydrogen-bond donors (Lipinski definition) is 1. The van der Waals surface area contributed by atoms with Crippen LogP contribution in [-0.2, 0) is 11.2 Å². The molecule has 1 fully saturated rings. The Morgan fingerprint density at radius 3 is 3.08 bits per heavy atom. The summed E-state index contributed by atoms with van der Waals surface area (Å²) in [5, 5.41) is 6.94. The number of hydrogen-bond acceptors (Lipinski definition) is 3. The van der Waals surface area contributed by atoms with Gasteiger partial charge in [0.2, 0.25) is 0 Å². The van der Waals surface area contributed by atoms with Gasteiger partial charge in [-0.25, -0.2) is 4.98 Å². The molecule has 13 heavy (non-hydrogen) atoms. The number of aromatic nitrogens is 3. The third-order valence-electron chi connectivity index (χ3n) is 2.33. The predicted molar refractivity (Wildman–Crippen MR) is 48.4 cm³/mol. The summed E-state index contributed by atoms with van der Waals surface area (Å²) in [6.45, 7) is 2.81. The fourth-order valence-corrected chi connectivity index (χ4v) is 1.65. The summed E-state index contributed by atoms with van der Waals surface area (Å²) in [5.74, 6) is 1.76. The molecule has 0 amide bonds. The van der Waals surface area contributed by atoms with E-state index in [4.69, 9.17) is 4.74 Å². The highest BCUT2D eigenvalue weighted by Crippen LogP contribution is 2.15. The molecule has 0 aromatic carbocycles. The van der Waals surface area contributed by atoms with E-state index < -0.39 is 0 Å². The topological polar surface area (TPSA) is 50.8 Å². The van der Waals surface area contributed by atoms with E-state index in [0.29, 0.717) is 6.10 Å². The summed E-state index contributed by atoms with van der Waals surface area (Å²) >= 11 is 0. The average Bonchev–Trinajstić information content (AvgIpc) is 2.53. The van der Waals surface area contributed by atoms with Crippen molar-refractivity contribution in [3.63, 3.8) is 0 Å². The summed E-state index contributed by atoms with van der Waals surface area (Å²) in [4.78, 5) is 4.26. The molecule has 1 saturated heterocycles. The SMILES string of the molecule is Cc1nc(CC2CCCCO2)n[nH]1. The molecule has 0 bridgehead atoms. The van der Waals surface area contributed by atoms with E-state index in [1.165, 1.54) is 12.8 Å². The van der Waals surface area contributed by atoms with Crippen LogP contribution in [0.3, 0.4) is 0 Å². The zero-order chi connectivity index (χ0) is 9.10. The van der Waals surface area contributed by atoms with Crippen LogP contribution in [0.2, 0.25) is 0 Å². The lowest BCUT2D eigenvalue weighted by atomic mass is 10.1. The molecule has 2 rings (SSSR count). The van der Waals surface area contributed by atoms with E-state index in [-0.39, 0.29) is 0 Å². The number of H-pyrrole nitrogens is 1. The highest BCUT2D eigenvalue weighted by Gasteiger charge is 2.16. The first-order chi connectivity index (χ1) is 6.34. The van der Waals surface area contributed by atoms with E-state index in [1.54, 1.807) is 0 Å². The Hall–Kier alpha value is -0.900. The molecule has 1 N–H and O–H groups in total. The Balaban J connectivity index is 1.89. The number of ether oxygens (including phenoxy) is 1. The van der Waals surface area contributed by atoms with E-state index in [9.17, 15) is 0 Å². The number of aromatic amines is 1. The summed E-state index contributed by atoms with van der Waals surface area (Å²) in [6.07, 6.45) is 4.80. The second kappa shape index (κ2) is 3.87. The van der Waals surface area contributed by atoms with Gasteiger partial charge in [0.15, 0.2) is 5.82 Å². The molecule has 1 atom stereocenters. The molecule has 0 spiro atoms. The van der Waals surface area contributed by atoms with Gasteiger partial charge in [0.25, 0.3) is 0 Å². The van der Waals surface area contributed by atoms with Gasteiger partial charge in [0.05, 0.1) is 6.10 Å². The molecule has 72 valence electrons. The van der Waals surface area contributed by atoms with E-state index in [0.717, 1.165) is 31.1 Å².